The van der Waals surface area contributed by atoms with E-state index in [1.165, 1.54) is 25.3 Å². The minimum Gasteiger partial charge on any atom is -0.506 e. The first-order valence-corrected chi connectivity index (χ1v) is 6.61. The number of nitrogens with two attached hydrogens (primary N) is 2. The average Bonchev–Trinajstić information content (AvgIpc) is 3.02. The van der Waals surface area contributed by atoms with Crippen molar-refractivity contribution in [1.29, 1.82) is 0 Å². The zero-order chi connectivity index (χ0) is 12.9. The van der Waals surface area contributed by atoms with Gasteiger partial charge in [0.1, 0.15) is 29.0 Å². The molecule has 0 radical (unpaired) electrons. The zero-order valence-corrected chi connectivity index (χ0v) is 10.6. The summed E-state index contributed by atoms with van der Waals surface area (Å²) < 4.78 is 5.97. The molecule has 2 aliphatic rings. The Morgan fingerprint density at radius 3 is 2.67 bits per heavy atom. The summed E-state index contributed by atoms with van der Waals surface area (Å²) in [6, 6.07) is 3.24. The van der Waals surface area contributed by atoms with Gasteiger partial charge in [-0.05, 0) is 30.9 Å². The van der Waals surface area contributed by atoms with Crippen molar-refractivity contribution < 1.29 is 9.84 Å². The predicted octanol–water partition coefficient (Wildman–Crippen LogP) is 2.37. The van der Waals surface area contributed by atoms with Gasteiger partial charge in [-0.3, -0.25) is 0 Å². The lowest BCUT2D eigenvalue weighted by Gasteiger charge is -2.14. The number of benzene rings is 1. The molecule has 0 saturated heterocycles. The molecule has 0 aliphatic heterocycles. The van der Waals surface area contributed by atoms with Crippen molar-refractivity contribution in [1.82, 2.24) is 0 Å². The number of hydrogen-bond donors (Lipinski definition) is 3. The van der Waals surface area contributed by atoms with E-state index in [1.54, 1.807) is 6.07 Å². The van der Waals surface area contributed by atoms with Gasteiger partial charge >= 0.3 is 0 Å². The third-order valence-electron chi connectivity index (χ3n) is 4.41. The number of ether oxygens (including phenoxy) is 1. The third-order valence-corrected chi connectivity index (χ3v) is 4.41. The van der Waals surface area contributed by atoms with Crippen LogP contribution >= 0.6 is 0 Å². The summed E-state index contributed by atoms with van der Waals surface area (Å²) in [5, 5.41) is 9.45. The Kier molecular flexibility index (Phi) is 2.54. The van der Waals surface area contributed by atoms with Crippen LogP contribution in [-0.2, 0) is 0 Å². The fourth-order valence-electron chi connectivity index (χ4n) is 3.19. The molecule has 2 aliphatic carbocycles. The zero-order valence-electron chi connectivity index (χ0n) is 10.6. The van der Waals surface area contributed by atoms with Crippen LogP contribution in [0.3, 0.4) is 0 Å². The molecule has 2 saturated carbocycles. The van der Waals surface area contributed by atoms with E-state index < -0.39 is 0 Å². The molecule has 1 aromatic carbocycles. The van der Waals surface area contributed by atoms with Crippen molar-refractivity contribution in [3.8, 4) is 11.5 Å². The van der Waals surface area contributed by atoms with Crippen molar-refractivity contribution >= 4 is 11.4 Å². The molecule has 4 heteroatoms. The van der Waals surface area contributed by atoms with Crippen molar-refractivity contribution in [2.24, 2.45) is 17.8 Å². The van der Waals surface area contributed by atoms with Crippen LogP contribution in [-0.4, -0.2) is 11.2 Å². The number of fused-ring (bicyclic) bond motifs is 1. The van der Waals surface area contributed by atoms with Gasteiger partial charge in [-0.15, -0.1) is 0 Å². The summed E-state index contributed by atoms with van der Waals surface area (Å²) in [7, 11) is 0. The lowest BCUT2D eigenvalue weighted by atomic mass is 9.91. The standard InChI is InChI=1S/C14H20N2O2/c1-7-2-3-8-9(6-7)14(8)18-11-5-4-10(17)12(15)13(11)16/h4-5,7-9,14,17H,2-3,6,15-16H2,1H3. The maximum atomic E-state index is 9.45. The van der Waals surface area contributed by atoms with Gasteiger partial charge in [-0.2, -0.15) is 0 Å². The molecule has 0 aromatic heterocycles. The molecule has 3 rings (SSSR count). The maximum absolute atomic E-state index is 9.45. The second-order valence-electron chi connectivity index (χ2n) is 5.74. The Hall–Kier alpha value is -1.58. The highest BCUT2D eigenvalue weighted by atomic mass is 16.5. The van der Waals surface area contributed by atoms with Gasteiger partial charge < -0.3 is 21.3 Å². The Bertz CT molecular complexity index is 475. The summed E-state index contributed by atoms with van der Waals surface area (Å²) in [6.45, 7) is 2.30. The molecular weight excluding hydrogens is 228 g/mol. The molecule has 0 heterocycles. The molecule has 1 aromatic rings. The average molecular weight is 248 g/mol. The van der Waals surface area contributed by atoms with Crippen LogP contribution in [0.4, 0.5) is 11.4 Å². The Labute approximate surface area is 107 Å². The van der Waals surface area contributed by atoms with Gasteiger partial charge in [0.25, 0.3) is 0 Å². The van der Waals surface area contributed by atoms with Crippen LogP contribution in [0.1, 0.15) is 26.2 Å². The monoisotopic (exact) mass is 248 g/mol. The number of phenols is 1. The molecule has 18 heavy (non-hydrogen) atoms. The van der Waals surface area contributed by atoms with Crippen LogP contribution in [0.5, 0.6) is 11.5 Å². The van der Waals surface area contributed by atoms with Crippen LogP contribution in [0, 0.1) is 17.8 Å². The first-order chi connectivity index (χ1) is 8.58. The van der Waals surface area contributed by atoms with Crippen LogP contribution < -0.4 is 16.2 Å². The third kappa shape index (κ3) is 1.76. The van der Waals surface area contributed by atoms with E-state index in [-0.39, 0.29) is 11.4 Å². The second kappa shape index (κ2) is 3.97. The van der Waals surface area contributed by atoms with Crippen LogP contribution in [0.15, 0.2) is 12.1 Å². The first-order valence-electron chi connectivity index (χ1n) is 6.61. The number of phenolic OH excluding ortho intramolecular Hbond substituents is 1. The van der Waals surface area contributed by atoms with E-state index in [4.69, 9.17) is 16.2 Å². The normalized spacial score (nSPS) is 33.8. The topological polar surface area (TPSA) is 81.5 Å². The summed E-state index contributed by atoms with van der Waals surface area (Å²) in [4.78, 5) is 0. The Morgan fingerprint density at radius 1 is 1.17 bits per heavy atom. The van der Waals surface area contributed by atoms with Crippen molar-refractivity contribution in [2.45, 2.75) is 32.3 Å². The molecule has 4 atom stereocenters. The SMILES string of the molecule is CC1CCC2C(C1)C2Oc1ccc(O)c(N)c1N. The second-order valence-corrected chi connectivity index (χ2v) is 5.74. The molecule has 2 fully saturated rings. The lowest BCUT2D eigenvalue weighted by Crippen LogP contribution is -2.06. The van der Waals surface area contributed by atoms with Gasteiger partial charge in [0, 0.05) is 11.8 Å². The molecule has 0 amide bonds. The van der Waals surface area contributed by atoms with E-state index in [0.29, 0.717) is 29.4 Å². The molecular formula is C14H20N2O2. The molecule has 0 spiro atoms. The Balaban J connectivity index is 1.73. The highest BCUT2D eigenvalue weighted by Crippen LogP contribution is 2.54. The number of nitrogen functional groups attached to an aromatic ring is 2. The van der Waals surface area contributed by atoms with Gasteiger partial charge in [-0.25, -0.2) is 0 Å². The fourth-order valence-corrected chi connectivity index (χ4v) is 3.19. The predicted molar refractivity (Wildman–Crippen MR) is 71.3 cm³/mol. The number of hydrogen-bond acceptors (Lipinski definition) is 4. The van der Waals surface area contributed by atoms with Gasteiger partial charge in [0.15, 0.2) is 0 Å². The largest absolute Gasteiger partial charge is 0.506 e. The fraction of sp³-hybridized carbons (Fsp3) is 0.571. The van der Waals surface area contributed by atoms with Crippen LogP contribution in [0.25, 0.3) is 0 Å². The van der Waals surface area contributed by atoms with Gasteiger partial charge in [-0.1, -0.05) is 13.3 Å². The quantitative estimate of drug-likeness (QED) is 0.554. The van der Waals surface area contributed by atoms with E-state index in [1.807, 2.05) is 0 Å². The van der Waals surface area contributed by atoms with Gasteiger partial charge in [0.05, 0.1) is 0 Å². The summed E-state index contributed by atoms with van der Waals surface area (Å²) >= 11 is 0. The molecule has 4 unspecified atom stereocenters. The summed E-state index contributed by atoms with van der Waals surface area (Å²) in [6.07, 6.45) is 4.10. The molecule has 4 nitrogen and oxygen atoms in total. The van der Waals surface area contributed by atoms with Crippen molar-refractivity contribution in [2.75, 3.05) is 11.5 Å². The van der Waals surface area contributed by atoms with Crippen molar-refractivity contribution in [3.05, 3.63) is 12.1 Å². The number of rotatable bonds is 2. The number of aromatic hydroxyl groups is 1. The first kappa shape index (κ1) is 11.5. The highest BCUT2D eigenvalue weighted by molar-refractivity contribution is 5.76. The van der Waals surface area contributed by atoms with E-state index in [0.717, 1.165) is 5.92 Å². The van der Waals surface area contributed by atoms with E-state index in [2.05, 4.69) is 6.92 Å². The van der Waals surface area contributed by atoms with E-state index in [9.17, 15) is 5.11 Å². The molecule has 5 N–H and O–H groups in total. The maximum Gasteiger partial charge on any atom is 0.145 e. The Morgan fingerprint density at radius 2 is 1.94 bits per heavy atom. The smallest absolute Gasteiger partial charge is 0.145 e. The lowest BCUT2D eigenvalue weighted by molar-refractivity contribution is 0.273. The van der Waals surface area contributed by atoms with Crippen molar-refractivity contribution in [3.63, 3.8) is 0 Å². The number of anilines is 2. The summed E-state index contributed by atoms with van der Waals surface area (Å²) in [5.74, 6) is 2.81. The minimum absolute atomic E-state index is 0.0154. The summed E-state index contributed by atoms with van der Waals surface area (Å²) in [5.41, 5.74) is 12.1. The van der Waals surface area contributed by atoms with Crippen LogP contribution in [0.2, 0.25) is 0 Å². The van der Waals surface area contributed by atoms with E-state index >= 15 is 0 Å². The van der Waals surface area contributed by atoms with Gasteiger partial charge in [0.2, 0.25) is 0 Å². The molecule has 98 valence electrons. The highest BCUT2D eigenvalue weighted by Gasteiger charge is 2.54. The minimum atomic E-state index is 0.0154. The molecule has 0 bridgehead atoms.